The van der Waals surface area contributed by atoms with Crippen LogP contribution in [0.1, 0.15) is 336 Å². The molecule has 0 bridgehead atoms. The Balaban J connectivity index is 5.39. The maximum Gasteiger partial charge on any atom is 0.472 e. The minimum Gasteiger partial charge on any atom is -0.462 e. The van der Waals surface area contributed by atoms with Crippen LogP contribution in [-0.2, 0) is 65.4 Å². The second-order valence-corrected chi connectivity index (χ2v) is 29.8. The summed E-state index contributed by atoms with van der Waals surface area (Å²) in [6, 6.07) is 0. The van der Waals surface area contributed by atoms with Crippen LogP contribution in [0.4, 0.5) is 0 Å². The highest BCUT2D eigenvalue weighted by Gasteiger charge is 2.30. The molecule has 0 aliphatic heterocycles. The molecule has 0 spiro atoms. The normalized spacial score (nSPS) is 14.5. The minimum absolute atomic E-state index is 0.0680. The molecule has 3 N–H and O–H groups in total. The zero-order chi connectivity index (χ0) is 76.0. The molecule has 0 aliphatic rings. The van der Waals surface area contributed by atoms with Crippen molar-refractivity contribution in [1.82, 2.24) is 0 Å². The Morgan fingerprint density at radius 2 is 0.500 bits per heavy atom. The Morgan fingerprint density at radius 3 is 0.769 bits per heavy atom. The van der Waals surface area contributed by atoms with E-state index >= 15 is 0 Å². The summed E-state index contributed by atoms with van der Waals surface area (Å²) in [5.74, 6) is -2.22. The van der Waals surface area contributed by atoms with Crippen molar-refractivity contribution in [1.29, 1.82) is 0 Å². The standard InChI is InChI=1S/C85H146O17P2/c1-5-9-13-17-21-25-29-33-37-39-43-45-49-53-57-61-65-69-82(87)95-75-80(101-84(89)71-67-63-59-55-51-47-41-35-31-27-23-19-15-11-7-3)77-99-103(91,92)97-73-79(86)74-98-104(93,94)100-78-81(102-85(90)72-68-64-60-56-52-48-42-36-32-28-24-20-16-12-8-4)76-96-83(88)70-66-62-58-54-50-46-44-40-38-34-30-26-22-18-14-10-6-2/h9-11,13-15,21-23,25-27,33-35,37-38,41,43,45,79-81,86H,5-8,12,16-20,24,28-32,36,39-40,42,44,46-78H2,1-4H3,(H,91,92)(H,93,94)/b13-9-,14-10-,15-11-,25-21-,26-22-,27-23-,37-33-,38-34-,41-35-,45-43-. The molecule has 19 heteroatoms. The molecule has 0 saturated heterocycles. The summed E-state index contributed by atoms with van der Waals surface area (Å²) in [7, 11) is -9.97. The van der Waals surface area contributed by atoms with Crippen molar-refractivity contribution in [2.75, 3.05) is 39.6 Å². The van der Waals surface area contributed by atoms with Crippen molar-refractivity contribution < 1.29 is 80.2 Å². The average Bonchev–Trinajstić information content (AvgIpc) is 0.937. The maximum atomic E-state index is 13.1. The molecule has 0 fully saturated rings. The number of unbranched alkanes of at least 4 members (excludes halogenated alkanes) is 30. The Kier molecular flexibility index (Phi) is 73.3. The number of rotatable bonds is 76. The lowest BCUT2D eigenvalue weighted by molar-refractivity contribution is -0.161. The number of carbonyl (C=O) groups is 4. The topological polar surface area (TPSA) is 237 Å². The monoisotopic (exact) mass is 1500 g/mol. The number of phosphoric acid groups is 2. The molecule has 0 amide bonds. The number of phosphoric ester groups is 2. The van der Waals surface area contributed by atoms with E-state index in [1.54, 1.807) is 0 Å². The summed E-state index contributed by atoms with van der Waals surface area (Å²) in [5.41, 5.74) is 0. The second kappa shape index (κ2) is 76.6. The lowest BCUT2D eigenvalue weighted by Crippen LogP contribution is -2.30. The van der Waals surface area contributed by atoms with Crippen molar-refractivity contribution in [2.45, 2.75) is 354 Å². The lowest BCUT2D eigenvalue weighted by atomic mass is 10.0. The van der Waals surface area contributed by atoms with Gasteiger partial charge in [0, 0.05) is 25.7 Å². The van der Waals surface area contributed by atoms with Gasteiger partial charge in [-0.15, -0.1) is 0 Å². The highest BCUT2D eigenvalue weighted by molar-refractivity contribution is 7.47. The smallest absolute Gasteiger partial charge is 0.462 e. The van der Waals surface area contributed by atoms with Gasteiger partial charge in [-0.3, -0.25) is 37.3 Å². The van der Waals surface area contributed by atoms with Gasteiger partial charge in [0.1, 0.15) is 19.3 Å². The van der Waals surface area contributed by atoms with Crippen LogP contribution in [0.15, 0.2) is 122 Å². The van der Waals surface area contributed by atoms with E-state index in [0.717, 1.165) is 193 Å². The fourth-order valence-electron chi connectivity index (χ4n) is 10.8. The predicted octanol–water partition coefficient (Wildman–Crippen LogP) is 23.9. The number of esters is 4. The third-order valence-electron chi connectivity index (χ3n) is 16.9. The number of ether oxygens (including phenoxy) is 4. The van der Waals surface area contributed by atoms with Gasteiger partial charge in [0.25, 0.3) is 0 Å². The van der Waals surface area contributed by atoms with Crippen molar-refractivity contribution in [3.05, 3.63) is 122 Å². The first-order chi connectivity index (χ1) is 50.7. The summed E-state index contributed by atoms with van der Waals surface area (Å²) in [4.78, 5) is 73.1. The zero-order valence-electron chi connectivity index (χ0n) is 65.4. The van der Waals surface area contributed by atoms with Gasteiger partial charge < -0.3 is 33.8 Å². The van der Waals surface area contributed by atoms with Crippen LogP contribution in [0.5, 0.6) is 0 Å². The van der Waals surface area contributed by atoms with Crippen LogP contribution < -0.4 is 0 Å². The molecule has 5 unspecified atom stereocenters. The lowest BCUT2D eigenvalue weighted by Gasteiger charge is -2.21. The van der Waals surface area contributed by atoms with Crippen molar-refractivity contribution in [3.63, 3.8) is 0 Å². The van der Waals surface area contributed by atoms with Crippen LogP contribution in [0.3, 0.4) is 0 Å². The largest absolute Gasteiger partial charge is 0.472 e. The maximum absolute atomic E-state index is 13.1. The first-order valence-electron chi connectivity index (χ1n) is 40.8. The molecule has 17 nitrogen and oxygen atoms in total. The van der Waals surface area contributed by atoms with Crippen molar-refractivity contribution >= 4 is 39.5 Å². The number of allylic oxidation sites excluding steroid dienone is 20. The molecule has 0 radical (unpaired) electrons. The third kappa shape index (κ3) is 75.7. The first kappa shape index (κ1) is 99.5. The molecule has 104 heavy (non-hydrogen) atoms. The van der Waals surface area contributed by atoms with E-state index < -0.39 is 97.5 Å². The van der Waals surface area contributed by atoms with E-state index in [2.05, 4.69) is 149 Å². The number of hydrogen-bond acceptors (Lipinski definition) is 15. The number of aliphatic hydroxyl groups is 1. The first-order valence-corrected chi connectivity index (χ1v) is 43.8. The highest BCUT2D eigenvalue weighted by Crippen LogP contribution is 2.45. The number of hydrogen-bond donors (Lipinski definition) is 3. The van der Waals surface area contributed by atoms with E-state index in [0.29, 0.717) is 25.7 Å². The van der Waals surface area contributed by atoms with Crippen molar-refractivity contribution in [2.24, 2.45) is 0 Å². The molecule has 0 aliphatic carbocycles. The predicted molar refractivity (Wildman–Crippen MR) is 427 cm³/mol. The fraction of sp³-hybridized carbons (Fsp3) is 0.718. The van der Waals surface area contributed by atoms with Crippen LogP contribution >= 0.6 is 15.6 Å². The van der Waals surface area contributed by atoms with Gasteiger partial charge >= 0.3 is 39.5 Å². The average molecular weight is 1500 g/mol. The van der Waals surface area contributed by atoms with Crippen LogP contribution in [0.25, 0.3) is 0 Å². The number of carbonyl (C=O) groups excluding carboxylic acids is 4. The Labute approximate surface area is 632 Å². The highest BCUT2D eigenvalue weighted by atomic mass is 31.2. The summed E-state index contributed by atoms with van der Waals surface area (Å²) in [6.07, 6.45) is 84.5. The zero-order valence-corrected chi connectivity index (χ0v) is 67.2. The second-order valence-electron chi connectivity index (χ2n) is 26.9. The van der Waals surface area contributed by atoms with E-state index in [1.165, 1.54) is 64.2 Å². The van der Waals surface area contributed by atoms with Gasteiger partial charge in [0.2, 0.25) is 0 Å². The van der Waals surface area contributed by atoms with Gasteiger partial charge in [-0.1, -0.05) is 303 Å². The molecule has 0 saturated carbocycles. The number of aliphatic hydroxyl groups excluding tert-OH is 1. The van der Waals surface area contributed by atoms with Gasteiger partial charge in [0.15, 0.2) is 12.2 Å². The van der Waals surface area contributed by atoms with Crippen LogP contribution in [0, 0.1) is 0 Å². The Hall–Kier alpha value is -4.54. The molecule has 598 valence electrons. The van der Waals surface area contributed by atoms with E-state index in [4.69, 9.17) is 37.0 Å². The molecule has 0 heterocycles. The molecule has 0 rings (SSSR count). The van der Waals surface area contributed by atoms with Gasteiger partial charge in [-0.25, -0.2) is 9.13 Å². The molecular weight excluding hydrogens is 1350 g/mol. The van der Waals surface area contributed by atoms with E-state index in [9.17, 15) is 43.2 Å². The molecule has 0 aromatic carbocycles. The summed E-state index contributed by atoms with van der Waals surface area (Å²) >= 11 is 0. The molecular formula is C85H146O17P2. The van der Waals surface area contributed by atoms with E-state index in [-0.39, 0.29) is 25.7 Å². The quantitative estimate of drug-likeness (QED) is 0.0169. The van der Waals surface area contributed by atoms with E-state index in [1.807, 2.05) is 0 Å². The SMILES string of the molecule is CC/C=C\C/C=C\C/C=C\C/C=C\CCCCCCC(=O)OCC(COP(=O)(O)OCC(O)COP(=O)(O)OCC(COC(=O)CCCCCCCCC/C=C\C/C=C\C/C=C\CC)OC(=O)CCCCCCCCCCCCCCCCC)OC(=O)CCCCCCC/C=C\C/C=C\C/C=C\CC. The van der Waals surface area contributed by atoms with Gasteiger partial charge in [-0.2, -0.15) is 0 Å². The molecule has 0 aromatic heterocycles. The molecule has 5 atom stereocenters. The van der Waals surface area contributed by atoms with Gasteiger partial charge in [0.05, 0.1) is 26.4 Å². The summed E-state index contributed by atoms with van der Waals surface area (Å²) in [6.45, 7) is 4.53. The third-order valence-corrected chi connectivity index (χ3v) is 18.8. The molecule has 0 aromatic rings. The summed E-state index contributed by atoms with van der Waals surface area (Å²) in [5, 5.41) is 10.7. The Morgan fingerprint density at radius 1 is 0.279 bits per heavy atom. The van der Waals surface area contributed by atoms with Crippen LogP contribution in [0.2, 0.25) is 0 Å². The fourth-order valence-corrected chi connectivity index (χ4v) is 12.4. The van der Waals surface area contributed by atoms with Gasteiger partial charge in [-0.05, 0) is 128 Å². The minimum atomic E-state index is -4.99. The summed E-state index contributed by atoms with van der Waals surface area (Å²) < 4.78 is 68.7. The Bertz CT molecular complexity index is 2440. The van der Waals surface area contributed by atoms with Crippen LogP contribution in [-0.4, -0.2) is 96.7 Å². The van der Waals surface area contributed by atoms with Crippen molar-refractivity contribution in [3.8, 4) is 0 Å².